The van der Waals surface area contributed by atoms with E-state index in [1.807, 2.05) is 6.92 Å². The molecule has 1 aromatic heterocycles. The van der Waals surface area contributed by atoms with Crippen LogP contribution in [0.1, 0.15) is 23.8 Å². The average Bonchev–Trinajstić information content (AvgIpc) is 2.74. The Balaban J connectivity index is 2.06. The number of hydrogen-bond donors (Lipinski definition) is 0. The van der Waals surface area contributed by atoms with Gasteiger partial charge < -0.3 is 9.42 Å². The van der Waals surface area contributed by atoms with Crippen LogP contribution in [0.3, 0.4) is 0 Å². The second-order valence-electron chi connectivity index (χ2n) is 3.75. The number of nitrogens with zero attached hydrogens (tertiary/aromatic N) is 2. The zero-order chi connectivity index (χ0) is 10.8. The Labute approximate surface area is 87.0 Å². The van der Waals surface area contributed by atoms with Crippen molar-refractivity contribution in [2.75, 3.05) is 13.1 Å². The summed E-state index contributed by atoms with van der Waals surface area (Å²) in [4.78, 5) is 24.7. The van der Waals surface area contributed by atoms with Crippen molar-refractivity contribution < 1.29 is 14.1 Å². The normalized spacial score (nSPS) is 21.8. The first kappa shape index (κ1) is 9.89. The largest absolute Gasteiger partial charge is 0.364 e. The molecule has 2 heterocycles. The van der Waals surface area contributed by atoms with Crippen LogP contribution in [-0.4, -0.2) is 34.8 Å². The van der Waals surface area contributed by atoms with Crippen molar-refractivity contribution in [1.29, 1.82) is 0 Å². The van der Waals surface area contributed by atoms with Crippen molar-refractivity contribution in [2.45, 2.75) is 13.3 Å². The minimum Gasteiger partial charge on any atom is -0.364 e. The van der Waals surface area contributed by atoms with Crippen LogP contribution in [0.5, 0.6) is 0 Å². The van der Waals surface area contributed by atoms with Crippen molar-refractivity contribution in [3.05, 3.63) is 18.0 Å². The van der Waals surface area contributed by atoms with Gasteiger partial charge in [-0.05, 0) is 0 Å². The highest BCUT2D eigenvalue weighted by Crippen LogP contribution is 2.14. The summed E-state index contributed by atoms with van der Waals surface area (Å²) in [5.74, 6) is -0.0168. The summed E-state index contributed by atoms with van der Waals surface area (Å²) in [6.07, 6.45) is 1.80. The summed E-state index contributed by atoms with van der Waals surface area (Å²) in [7, 11) is 0. The molecule has 1 aliphatic rings. The minimum atomic E-state index is -0.164. The average molecular weight is 208 g/mol. The van der Waals surface area contributed by atoms with Crippen LogP contribution >= 0.6 is 0 Å². The Morgan fingerprint density at radius 2 is 2.47 bits per heavy atom. The molecule has 1 atom stereocenters. The van der Waals surface area contributed by atoms with Gasteiger partial charge in [0.05, 0.1) is 0 Å². The number of rotatable bonds is 1. The topological polar surface area (TPSA) is 63.4 Å². The maximum Gasteiger partial charge on any atom is 0.276 e. The molecule has 5 heteroatoms. The Hall–Kier alpha value is -1.65. The number of ketones is 1. The van der Waals surface area contributed by atoms with E-state index in [4.69, 9.17) is 0 Å². The van der Waals surface area contributed by atoms with E-state index in [-0.39, 0.29) is 17.6 Å². The highest BCUT2D eigenvalue weighted by molar-refractivity contribution is 5.93. The van der Waals surface area contributed by atoms with Crippen molar-refractivity contribution in [1.82, 2.24) is 10.1 Å². The molecule has 0 aliphatic carbocycles. The smallest absolute Gasteiger partial charge is 0.276 e. The van der Waals surface area contributed by atoms with E-state index < -0.39 is 0 Å². The molecule has 0 spiro atoms. The van der Waals surface area contributed by atoms with Gasteiger partial charge in [-0.25, -0.2) is 0 Å². The number of Topliss-reactive ketones (excluding diaryl/α,β-unsaturated/α-hetero) is 1. The van der Waals surface area contributed by atoms with E-state index in [0.717, 1.165) is 0 Å². The predicted molar refractivity (Wildman–Crippen MR) is 51.2 cm³/mol. The number of amides is 1. The van der Waals surface area contributed by atoms with Gasteiger partial charge in [-0.3, -0.25) is 9.59 Å². The lowest BCUT2D eigenvalue weighted by atomic mass is 9.98. The van der Waals surface area contributed by atoms with Crippen molar-refractivity contribution in [3.63, 3.8) is 0 Å². The molecule has 1 fully saturated rings. The Morgan fingerprint density at radius 3 is 3.07 bits per heavy atom. The Morgan fingerprint density at radius 1 is 1.67 bits per heavy atom. The number of likely N-dealkylation sites (tertiary alicyclic amines) is 1. The summed E-state index contributed by atoms with van der Waals surface area (Å²) in [5.41, 5.74) is 0.302. The van der Waals surface area contributed by atoms with Crippen molar-refractivity contribution >= 4 is 11.7 Å². The molecular weight excluding hydrogens is 196 g/mol. The summed E-state index contributed by atoms with van der Waals surface area (Å²) in [5, 5.41) is 3.58. The molecule has 5 nitrogen and oxygen atoms in total. The van der Waals surface area contributed by atoms with Crippen molar-refractivity contribution in [3.8, 4) is 0 Å². The standard InChI is InChI=1S/C10H12N2O3/c1-7-6-12(4-2-9(7)13)10(14)8-3-5-15-11-8/h3,5,7H,2,4,6H2,1H3. The molecule has 80 valence electrons. The van der Waals surface area contributed by atoms with Crippen LogP contribution in [0.15, 0.2) is 16.9 Å². The second-order valence-corrected chi connectivity index (χ2v) is 3.75. The summed E-state index contributed by atoms with van der Waals surface area (Å²) in [6, 6.07) is 1.53. The molecule has 2 rings (SSSR count). The molecule has 1 unspecified atom stereocenters. The molecule has 0 N–H and O–H groups in total. The van der Waals surface area contributed by atoms with E-state index in [2.05, 4.69) is 9.68 Å². The van der Waals surface area contributed by atoms with Crippen LogP contribution in [0.25, 0.3) is 0 Å². The fourth-order valence-corrected chi connectivity index (χ4v) is 1.68. The number of carbonyl (C=O) groups excluding carboxylic acids is 2. The van der Waals surface area contributed by atoms with Gasteiger partial charge in [0, 0.05) is 31.5 Å². The Bertz CT molecular complexity index is 372. The predicted octanol–water partition coefficient (Wildman–Crippen LogP) is 0.726. The zero-order valence-electron chi connectivity index (χ0n) is 8.47. The maximum absolute atomic E-state index is 11.8. The molecule has 0 saturated carbocycles. The fourth-order valence-electron chi connectivity index (χ4n) is 1.68. The summed E-state index contributed by atoms with van der Waals surface area (Å²) < 4.78 is 4.61. The highest BCUT2D eigenvalue weighted by Gasteiger charge is 2.28. The number of hydrogen-bond acceptors (Lipinski definition) is 4. The lowest BCUT2D eigenvalue weighted by molar-refractivity contribution is -0.124. The first-order valence-corrected chi connectivity index (χ1v) is 4.91. The maximum atomic E-state index is 11.8. The van der Waals surface area contributed by atoms with Crippen LogP contribution in [0.2, 0.25) is 0 Å². The Kier molecular flexibility index (Phi) is 2.53. The third-order valence-electron chi connectivity index (χ3n) is 2.62. The molecule has 1 saturated heterocycles. The molecule has 1 amide bonds. The molecule has 15 heavy (non-hydrogen) atoms. The van der Waals surface area contributed by atoms with Gasteiger partial charge in [-0.1, -0.05) is 12.1 Å². The highest BCUT2D eigenvalue weighted by atomic mass is 16.5. The summed E-state index contributed by atoms with van der Waals surface area (Å²) in [6.45, 7) is 2.80. The minimum absolute atomic E-state index is 0.0744. The van der Waals surface area contributed by atoms with Gasteiger partial charge >= 0.3 is 0 Å². The molecule has 0 aromatic carbocycles. The quantitative estimate of drug-likeness (QED) is 0.682. The summed E-state index contributed by atoms with van der Waals surface area (Å²) >= 11 is 0. The fraction of sp³-hybridized carbons (Fsp3) is 0.500. The van der Waals surface area contributed by atoms with Gasteiger partial charge in [0.2, 0.25) is 0 Å². The lowest BCUT2D eigenvalue weighted by Crippen LogP contribution is -2.43. The molecular formula is C10H12N2O3. The van der Waals surface area contributed by atoms with Gasteiger partial charge in [-0.2, -0.15) is 0 Å². The number of aromatic nitrogens is 1. The van der Waals surface area contributed by atoms with Crippen molar-refractivity contribution in [2.24, 2.45) is 5.92 Å². The van der Waals surface area contributed by atoms with E-state index in [0.29, 0.717) is 25.2 Å². The van der Waals surface area contributed by atoms with Crippen LogP contribution < -0.4 is 0 Å². The number of carbonyl (C=O) groups is 2. The molecule has 1 aliphatic heterocycles. The van der Waals surface area contributed by atoms with E-state index in [1.54, 1.807) is 4.90 Å². The van der Waals surface area contributed by atoms with E-state index >= 15 is 0 Å². The SMILES string of the molecule is CC1CN(C(=O)c2ccon2)CCC1=O. The van der Waals surface area contributed by atoms with Gasteiger partial charge in [0.25, 0.3) is 5.91 Å². The van der Waals surface area contributed by atoms with Crippen LogP contribution in [0, 0.1) is 5.92 Å². The molecule has 1 aromatic rings. The monoisotopic (exact) mass is 208 g/mol. The first-order chi connectivity index (χ1) is 7.18. The lowest BCUT2D eigenvalue weighted by Gasteiger charge is -2.29. The number of piperidine rings is 1. The van der Waals surface area contributed by atoms with Gasteiger partial charge in [0.1, 0.15) is 12.0 Å². The van der Waals surface area contributed by atoms with Crippen LogP contribution in [-0.2, 0) is 4.79 Å². The van der Waals surface area contributed by atoms with Gasteiger partial charge in [0.15, 0.2) is 5.69 Å². The molecule has 0 bridgehead atoms. The third kappa shape index (κ3) is 1.91. The van der Waals surface area contributed by atoms with E-state index in [1.165, 1.54) is 12.3 Å². The van der Waals surface area contributed by atoms with Crippen LogP contribution in [0.4, 0.5) is 0 Å². The zero-order valence-corrected chi connectivity index (χ0v) is 8.47. The van der Waals surface area contributed by atoms with E-state index in [9.17, 15) is 9.59 Å². The second kappa shape index (κ2) is 3.84. The molecule has 0 radical (unpaired) electrons. The first-order valence-electron chi connectivity index (χ1n) is 4.91. The van der Waals surface area contributed by atoms with Gasteiger partial charge in [-0.15, -0.1) is 0 Å². The third-order valence-corrected chi connectivity index (χ3v) is 2.62.